The SMILES string of the molecule is COC(=O)c1ccc(OS(=O)(=O)c2cc(C(F)(F)F)ccc2Cl)c(OC)c1. The van der Waals surface area contributed by atoms with E-state index in [4.69, 9.17) is 20.5 Å². The van der Waals surface area contributed by atoms with Crippen LogP contribution in [0.4, 0.5) is 13.2 Å². The van der Waals surface area contributed by atoms with Gasteiger partial charge in [0.25, 0.3) is 0 Å². The van der Waals surface area contributed by atoms with Crippen LogP contribution in [0.5, 0.6) is 11.5 Å². The molecule has 146 valence electrons. The van der Waals surface area contributed by atoms with Gasteiger partial charge < -0.3 is 13.7 Å². The first kappa shape index (κ1) is 20.8. The molecule has 11 heteroatoms. The Bertz CT molecular complexity index is 973. The van der Waals surface area contributed by atoms with Crippen molar-refractivity contribution in [3.63, 3.8) is 0 Å². The van der Waals surface area contributed by atoms with Gasteiger partial charge >= 0.3 is 22.3 Å². The average molecular weight is 425 g/mol. The van der Waals surface area contributed by atoms with Crippen molar-refractivity contribution in [2.45, 2.75) is 11.1 Å². The highest BCUT2D eigenvalue weighted by Crippen LogP contribution is 2.36. The Morgan fingerprint density at radius 1 is 1.04 bits per heavy atom. The van der Waals surface area contributed by atoms with Crippen LogP contribution in [0.2, 0.25) is 5.02 Å². The third-order valence-electron chi connectivity index (χ3n) is 3.31. The van der Waals surface area contributed by atoms with E-state index in [1.165, 1.54) is 13.2 Å². The summed E-state index contributed by atoms with van der Waals surface area (Å²) >= 11 is 5.74. The Labute approximate surface area is 157 Å². The molecule has 0 aromatic heterocycles. The van der Waals surface area contributed by atoms with Crippen LogP contribution in [0.15, 0.2) is 41.3 Å². The number of carbonyl (C=O) groups is 1. The second-order valence-corrected chi connectivity index (χ2v) is 6.96. The summed E-state index contributed by atoms with van der Waals surface area (Å²) in [6.07, 6.45) is -4.77. The van der Waals surface area contributed by atoms with Crippen molar-refractivity contribution in [1.29, 1.82) is 0 Å². The first-order valence-corrected chi connectivity index (χ1v) is 8.86. The molecule has 0 fully saturated rings. The second kappa shape index (κ2) is 7.65. The molecule has 0 saturated carbocycles. The molecule has 0 aliphatic heterocycles. The lowest BCUT2D eigenvalue weighted by Crippen LogP contribution is -2.14. The predicted octanol–water partition coefficient (Wildman–Crippen LogP) is 3.92. The Morgan fingerprint density at radius 3 is 2.26 bits per heavy atom. The molecule has 0 aliphatic carbocycles. The molecule has 0 bridgehead atoms. The Balaban J connectivity index is 2.47. The van der Waals surface area contributed by atoms with E-state index in [1.807, 2.05) is 0 Å². The minimum absolute atomic E-state index is 0.0520. The number of ether oxygens (including phenoxy) is 2. The molecule has 0 saturated heterocycles. The van der Waals surface area contributed by atoms with Crippen LogP contribution in [0.25, 0.3) is 0 Å². The average Bonchev–Trinajstić information content (AvgIpc) is 2.60. The summed E-state index contributed by atoms with van der Waals surface area (Å²) in [4.78, 5) is 10.7. The van der Waals surface area contributed by atoms with Crippen molar-refractivity contribution in [1.82, 2.24) is 0 Å². The fraction of sp³-hybridized carbons (Fsp3) is 0.188. The number of hydrogen-bond donors (Lipinski definition) is 0. The van der Waals surface area contributed by atoms with Crippen LogP contribution in [-0.2, 0) is 21.0 Å². The summed E-state index contributed by atoms with van der Waals surface area (Å²) in [5.41, 5.74) is -1.15. The summed E-state index contributed by atoms with van der Waals surface area (Å²) in [5, 5.41) is -0.451. The monoisotopic (exact) mass is 424 g/mol. The molecular weight excluding hydrogens is 413 g/mol. The fourth-order valence-electron chi connectivity index (χ4n) is 2.02. The lowest BCUT2D eigenvalue weighted by Gasteiger charge is -2.14. The van der Waals surface area contributed by atoms with Gasteiger partial charge in [-0.1, -0.05) is 11.6 Å². The van der Waals surface area contributed by atoms with E-state index in [2.05, 4.69) is 4.74 Å². The number of benzene rings is 2. The van der Waals surface area contributed by atoms with Crippen molar-refractivity contribution in [3.05, 3.63) is 52.5 Å². The molecule has 0 atom stereocenters. The lowest BCUT2D eigenvalue weighted by atomic mass is 10.2. The zero-order valence-corrected chi connectivity index (χ0v) is 15.4. The summed E-state index contributed by atoms with van der Waals surface area (Å²) in [6.45, 7) is 0. The number of methoxy groups -OCH3 is 2. The standard InChI is InChI=1S/C16H12ClF3O6S/c1-24-13-7-9(15(21)25-2)3-6-12(13)26-27(22,23)14-8-10(16(18,19)20)4-5-11(14)17/h3-8H,1-2H3. The molecule has 27 heavy (non-hydrogen) atoms. The maximum Gasteiger partial charge on any atom is 0.416 e. The van der Waals surface area contributed by atoms with E-state index in [-0.39, 0.29) is 17.1 Å². The van der Waals surface area contributed by atoms with E-state index in [0.29, 0.717) is 12.1 Å². The van der Waals surface area contributed by atoms with Crippen molar-refractivity contribution in [2.24, 2.45) is 0 Å². The lowest BCUT2D eigenvalue weighted by molar-refractivity contribution is -0.137. The first-order chi connectivity index (χ1) is 12.5. The third-order valence-corrected chi connectivity index (χ3v) is 5.03. The van der Waals surface area contributed by atoms with Crippen LogP contribution >= 0.6 is 11.6 Å². The quantitative estimate of drug-likeness (QED) is 0.534. The van der Waals surface area contributed by atoms with Crippen LogP contribution in [0.3, 0.4) is 0 Å². The van der Waals surface area contributed by atoms with Crippen molar-refractivity contribution in [2.75, 3.05) is 14.2 Å². The van der Waals surface area contributed by atoms with Gasteiger partial charge in [0.1, 0.15) is 4.90 Å². The number of alkyl halides is 3. The van der Waals surface area contributed by atoms with E-state index < -0.39 is 37.7 Å². The minimum atomic E-state index is -4.77. The Hall–Kier alpha value is -2.46. The zero-order valence-electron chi connectivity index (χ0n) is 13.8. The summed E-state index contributed by atoms with van der Waals surface area (Å²) in [7, 11) is -2.39. The van der Waals surface area contributed by atoms with E-state index >= 15 is 0 Å². The minimum Gasteiger partial charge on any atom is -0.493 e. The largest absolute Gasteiger partial charge is 0.493 e. The molecule has 2 rings (SSSR count). The Morgan fingerprint density at radius 2 is 1.70 bits per heavy atom. The normalized spacial score (nSPS) is 11.8. The molecular formula is C16H12ClF3O6S. The van der Waals surface area contributed by atoms with Gasteiger partial charge in [-0.15, -0.1) is 0 Å². The molecule has 0 spiro atoms. The second-order valence-electron chi connectivity index (χ2n) is 5.04. The van der Waals surface area contributed by atoms with Gasteiger partial charge in [-0.25, -0.2) is 4.79 Å². The number of halogens is 4. The third kappa shape index (κ3) is 4.64. The highest BCUT2D eigenvalue weighted by atomic mass is 35.5. The Kier molecular flexibility index (Phi) is 5.91. The number of esters is 1. The van der Waals surface area contributed by atoms with Gasteiger partial charge in [-0.05, 0) is 36.4 Å². The molecule has 2 aromatic rings. The van der Waals surface area contributed by atoms with E-state index in [0.717, 1.165) is 25.3 Å². The number of carbonyl (C=O) groups excluding carboxylic acids is 1. The van der Waals surface area contributed by atoms with Gasteiger partial charge in [0, 0.05) is 0 Å². The van der Waals surface area contributed by atoms with Gasteiger partial charge in [0.15, 0.2) is 11.5 Å². The summed E-state index contributed by atoms with van der Waals surface area (Å²) in [5.74, 6) is -1.20. The fourth-order valence-corrected chi connectivity index (χ4v) is 3.46. The van der Waals surface area contributed by atoms with Crippen molar-refractivity contribution >= 4 is 27.7 Å². The summed E-state index contributed by atoms with van der Waals surface area (Å²) in [6, 6.07) is 5.28. The van der Waals surface area contributed by atoms with Gasteiger partial charge in [0.05, 0.1) is 30.4 Å². The van der Waals surface area contributed by atoms with Gasteiger partial charge in [-0.3, -0.25) is 0 Å². The molecule has 0 amide bonds. The highest BCUT2D eigenvalue weighted by Gasteiger charge is 2.33. The molecule has 0 N–H and O–H groups in total. The first-order valence-electron chi connectivity index (χ1n) is 7.07. The topological polar surface area (TPSA) is 78.9 Å². The predicted molar refractivity (Wildman–Crippen MR) is 88.6 cm³/mol. The van der Waals surface area contributed by atoms with E-state index in [1.54, 1.807) is 0 Å². The van der Waals surface area contributed by atoms with Crippen molar-refractivity contribution in [3.8, 4) is 11.5 Å². The maximum absolute atomic E-state index is 12.8. The number of hydrogen-bond acceptors (Lipinski definition) is 6. The van der Waals surface area contributed by atoms with Crippen LogP contribution in [-0.4, -0.2) is 28.6 Å². The van der Waals surface area contributed by atoms with E-state index in [9.17, 15) is 26.4 Å². The summed E-state index contributed by atoms with van der Waals surface area (Å²) < 4.78 is 77.7. The van der Waals surface area contributed by atoms with Gasteiger partial charge in [0.2, 0.25) is 0 Å². The molecule has 0 heterocycles. The van der Waals surface area contributed by atoms with Gasteiger partial charge in [-0.2, -0.15) is 21.6 Å². The van der Waals surface area contributed by atoms with Crippen molar-refractivity contribution < 1.29 is 40.0 Å². The molecule has 0 aliphatic rings. The van der Waals surface area contributed by atoms with Crippen LogP contribution in [0.1, 0.15) is 15.9 Å². The zero-order chi connectivity index (χ0) is 20.4. The number of rotatable bonds is 5. The molecule has 0 radical (unpaired) electrons. The smallest absolute Gasteiger partial charge is 0.416 e. The molecule has 2 aromatic carbocycles. The van der Waals surface area contributed by atoms with Crippen LogP contribution < -0.4 is 8.92 Å². The van der Waals surface area contributed by atoms with Crippen LogP contribution in [0, 0.1) is 0 Å². The highest BCUT2D eigenvalue weighted by molar-refractivity contribution is 7.87. The maximum atomic E-state index is 12.8. The molecule has 6 nitrogen and oxygen atoms in total. The molecule has 0 unspecified atom stereocenters.